The van der Waals surface area contributed by atoms with Crippen LogP contribution in [0.3, 0.4) is 0 Å². The van der Waals surface area contributed by atoms with Crippen molar-refractivity contribution in [2.45, 2.75) is 0 Å². The molecular weight excluding hydrogens is 218 g/mol. The highest BCUT2D eigenvalue weighted by atomic mass is 35.5. The van der Waals surface area contributed by atoms with Crippen LogP contribution in [-0.4, -0.2) is 26.5 Å². The zero-order chi connectivity index (χ0) is 10.6. The van der Waals surface area contributed by atoms with Gasteiger partial charge < -0.3 is 9.64 Å². The molecule has 78 valence electrons. The number of methoxy groups -OCH3 is 1. The lowest BCUT2D eigenvalue weighted by molar-refractivity contribution is 0.415. The average molecular weight is 232 g/mol. The second kappa shape index (κ2) is 5.37. The van der Waals surface area contributed by atoms with Gasteiger partial charge in [0.1, 0.15) is 5.75 Å². The average Bonchev–Trinajstić information content (AvgIpc) is 2.18. The maximum absolute atomic E-state index is 6.00. The van der Waals surface area contributed by atoms with Gasteiger partial charge in [0, 0.05) is 25.0 Å². The van der Waals surface area contributed by atoms with E-state index in [4.69, 9.17) is 16.3 Å². The lowest BCUT2D eigenvalue weighted by Crippen LogP contribution is -2.19. The standard InChI is InChI=1S/C10H14ClNOS/c1-12(5-6-14)8-3-4-10(13-2)9(11)7-8/h3-4,7,14H,5-6H2,1-2H3. The zero-order valence-corrected chi connectivity index (χ0v) is 9.98. The van der Waals surface area contributed by atoms with Gasteiger partial charge >= 0.3 is 0 Å². The highest BCUT2D eigenvalue weighted by Gasteiger charge is 2.04. The monoisotopic (exact) mass is 231 g/mol. The van der Waals surface area contributed by atoms with Gasteiger partial charge in [-0.3, -0.25) is 0 Å². The topological polar surface area (TPSA) is 12.5 Å². The van der Waals surface area contributed by atoms with Crippen LogP contribution in [-0.2, 0) is 0 Å². The van der Waals surface area contributed by atoms with Crippen molar-refractivity contribution >= 4 is 29.9 Å². The van der Waals surface area contributed by atoms with Crippen molar-refractivity contribution in [2.75, 3.05) is 31.4 Å². The van der Waals surface area contributed by atoms with E-state index < -0.39 is 0 Å². The van der Waals surface area contributed by atoms with E-state index in [1.54, 1.807) is 7.11 Å². The third-order valence-electron chi connectivity index (χ3n) is 2.01. The van der Waals surface area contributed by atoms with E-state index in [0.717, 1.165) is 18.0 Å². The summed E-state index contributed by atoms with van der Waals surface area (Å²) in [5.41, 5.74) is 1.07. The van der Waals surface area contributed by atoms with Gasteiger partial charge in [-0.05, 0) is 18.2 Å². The molecule has 0 aromatic heterocycles. The van der Waals surface area contributed by atoms with Crippen LogP contribution in [0.1, 0.15) is 0 Å². The fourth-order valence-electron chi connectivity index (χ4n) is 1.17. The zero-order valence-electron chi connectivity index (χ0n) is 8.33. The van der Waals surface area contributed by atoms with Gasteiger partial charge in [-0.2, -0.15) is 12.6 Å². The number of anilines is 1. The van der Waals surface area contributed by atoms with Crippen molar-refractivity contribution in [3.05, 3.63) is 23.2 Å². The van der Waals surface area contributed by atoms with E-state index in [-0.39, 0.29) is 0 Å². The largest absolute Gasteiger partial charge is 0.495 e. The number of hydrogen-bond donors (Lipinski definition) is 1. The van der Waals surface area contributed by atoms with E-state index in [2.05, 4.69) is 17.5 Å². The van der Waals surface area contributed by atoms with E-state index in [1.165, 1.54) is 0 Å². The molecule has 0 spiro atoms. The predicted molar refractivity (Wildman–Crippen MR) is 65.1 cm³/mol. The summed E-state index contributed by atoms with van der Waals surface area (Å²) in [4.78, 5) is 2.10. The Labute approximate surface area is 95.2 Å². The number of rotatable bonds is 4. The third-order valence-corrected chi connectivity index (χ3v) is 2.51. The summed E-state index contributed by atoms with van der Waals surface area (Å²) in [6, 6.07) is 5.74. The first-order valence-electron chi connectivity index (χ1n) is 4.34. The maximum atomic E-state index is 6.00. The molecular formula is C10H14ClNOS. The summed E-state index contributed by atoms with van der Waals surface area (Å²) in [5.74, 6) is 1.52. The van der Waals surface area contributed by atoms with Crippen LogP contribution in [0.5, 0.6) is 5.75 Å². The number of hydrogen-bond acceptors (Lipinski definition) is 3. The normalized spacial score (nSPS) is 10.0. The fourth-order valence-corrected chi connectivity index (χ4v) is 1.72. The minimum atomic E-state index is 0.635. The lowest BCUT2D eigenvalue weighted by atomic mass is 10.3. The third kappa shape index (κ3) is 2.72. The van der Waals surface area contributed by atoms with Gasteiger partial charge in [0.15, 0.2) is 0 Å². The molecule has 0 heterocycles. The molecule has 1 rings (SSSR count). The maximum Gasteiger partial charge on any atom is 0.137 e. The molecule has 1 aromatic carbocycles. The van der Waals surface area contributed by atoms with Crippen LogP contribution in [0.15, 0.2) is 18.2 Å². The van der Waals surface area contributed by atoms with Crippen LogP contribution < -0.4 is 9.64 Å². The Bertz CT molecular complexity index is 306. The summed E-state index contributed by atoms with van der Waals surface area (Å²) in [6.07, 6.45) is 0. The predicted octanol–water partition coefficient (Wildman–Crippen LogP) is 2.71. The Morgan fingerprint density at radius 3 is 2.71 bits per heavy atom. The molecule has 0 bridgehead atoms. The summed E-state index contributed by atoms with van der Waals surface area (Å²) < 4.78 is 5.07. The first-order valence-corrected chi connectivity index (χ1v) is 5.35. The Morgan fingerprint density at radius 1 is 1.50 bits per heavy atom. The molecule has 0 fully saturated rings. The minimum Gasteiger partial charge on any atom is -0.495 e. The number of benzene rings is 1. The molecule has 0 saturated carbocycles. The SMILES string of the molecule is COc1ccc(N(C)CCS)cc1Cl. The Kier molecular flexibility index (Phi) is 4.42. The molecule has 0 aliphatic rings. The van der Waals surface area contributed by atoms with Crippen molar-refractivity contribution in [3.8, 4) is 5.75 Å². The van der Waals surface area contributed by atoms with E-state index in [0.29, 0.717) is 10.8 Å². The van der Waals surface area contributed by atoms with Crippen molar-refractivity contribution in [2.24, 2.45) is 0 Å². The Balaban J connectivity index is 2.85. The fraction of sp³-hybridized carbons (Fsp3) is 0.400. The van der Waals surface area contributed by atoms with Crippen molar-refractivity contribution < 1.29 is 4.74 Å². The van der Waals surface area contributed by atoms with Crippen molar-refractivity contribution in [3.63, 3.8) is 0 Å². The number of thiol groups is 1. The molecule has 0 N–H and O–H groups in total. The Hall–Kier alpha value is -0.540. The van der Waals surface area contributed by atoms with E-state index >= 15 is 0 Å². The summed E-state index contributed by atoms with van der Waals surface area (Å²) in [7, 11) is 3.62. The first kappa shape index (κ1) is 11.5. The molecule has 1 aromatic rings. The molecule has 2 nitrogen and oxygen atoms in total. The van der Waals surface area contributed by atoms with Crippen molar-refractivity contribution in [1.82, 2.24) is 0 Å². The molecule has 0 radical (unpaired) electrons. The van der Waals surface area contributed by atoms with Gasteiger partial charge in [0.2, 0.25) is 0 Å². The molecule has 0 aliphatic heterocycles. The summed E-state index contributed by atoms with van der Waals surface area (Å²) in [6.45, 7) is 0.895. The molecule has 4 heteroatoms. The molecule has 0 aliphatic carbocycles. The van der Waals surface area contributed by atoms with Gasteiger partial charge in [-0.1, -0.05) is 11.6 Å². The van der Waals surface area contributed by atoms with Gasteiger partial charge in [0.05, 0.1) is 12.1 Å². The number of ether oxygens (including phenoxy) is 1. The van der Waals surface area contributed by atoms with Gasteiger partial charge in [-0.15, -0.1) is 0 Å². The smallest absolute Gasteiger partial charge is 0.137 e. The minimum absolute atomic E-state index is 0.635. The summed E-state index contributed by atoms with van der Waals surface area (Å²) >= 11 is 10.2. The van der Waals surface area contributed by atoms with Crippen LogP contribution in [0, 0.1) is 0 Å². The second-order valence-electron chi connectivity index (χ2n) is 2.96. The van der Waals surface area contributed by atoms with Gasteiger partial charge in [0.25, 0.3) is 0 Å². The lowest BCUT2D eigenvalue weighted by Gasteiger charge is -2.18. The van der Waals surface area contributed by atoms with Crippen LogP contribution in [0.25, 0.3) is 0 Å². The molecule has 0 unspecified atom stereocenters. The molecule has 0 amide bonds. The van der Waals surface area contributed by atoms with Crippen LogP contribution in [0.4, 0.5) is 5.69 Å². The molecule has 0 atom stereocenters. The number of halogens is 1. The quantitative estimate of drug-likeness (QED) is 0.801. The van der Waals surface area contributed by atoms with Crippen LogP contribution >= 0.6 is 24.2 Å². The Morgan fingerprint density at radius 2 is 2.21 bits per heavy atom. The van der Waals surface area contributed by atoms with Gasteiger partial charge in [-0.25, -0.2) is 0 Å². The van der Waals surface area contributed by atoms with E-state index in [1.807, 2.05) is 25.2 Å². The van der Waals surface area contributed by atoms with Crippen LogP contribution in [0.2, 0.25) is 5.02 Å². The van der Waals surface area contributed by atoms with E-state index in [9.17, 15) is 0 Å². The first-order chi connectivity index (χ1) is 6.69. The molecule has 14 heavy (non-hydrogen) atoms. The summed E-state index contributed by atoms with van der Waals surface area (Å²) in [5, 5.41) is 0.635. The highest BCUT2D eigenvalue weighted by Crippen LogP contribution is 2.28. The van der Waals surface area contributed by atoms with Crippen molar-refractivity contribution in [1.29, 1.82) is 0 Å². The second-order valence-corrected chi connectivity index (χ2v) is 3.82. The molecule has 0 saturated heterocycles. The number of nitrogens with zero attached hydrogens (tertiary/aromatic N) is 1. The highest BCUT2D eigenvalue weighted by molar-refractivity contribution is 7.80.